The summed E-state index contributed by atoms with van der Waals surface area (Å²) in [5, 5.41) is 0. The molecule has 1 aliphatic carbocycles. The fraction of sp³-hybridized carbons (Fsp3) is 0.625. The zero-order chi connectivity index (χ0) is 13.7. The minimum Gasteiger partial charge on any atom is -0.496 e. The van der Waals surface area contributed by atoms with Gasteiger partial charge in [-0.3, -0.25) is 0 Å². The van der Waals surface area contributed by atoms with Crippen molar-refractivity contribution in [1.29, 1.82) is 0 Å². The molecule has 1 unspecified atom stereocenters. The standard InChI is InChI=1S/C16H25NO2/c1-18-14-9-5-4-8-13(14)12-15(17)16(19-2)10-6-3-7-11-16/h4-5,8-9,15H,3,6-7,10-12,17H2,1-2H3. The topological polar surface area (TPSA) is 44.5 Å². The maximum Gasteiger partial charge on any atom is 0.122 e. The molecule has 0 aromatic heterocycles. The minimum atomic E-state index is -0.154. The van der Waals surface area contributed by atoms with Gasteiger partial charge in [0.2, 0.25) is 0 Å². The zero-order valence-electron chi connectivity index (χ0n) is 12.0. The van der Waals surface area contributed by atoms with E-state index >= 15 is 0 Å². The molecule has 0 saturated heterocycles. The van der Waals surface area contributed by atoms with Crippen molar-refractivity contribution >= 4 is 0 Å². The van der Waals surface area contributed by atoms with Crippen molar-refractivity contribution in [3.05, 3.63) is 29.8 Å². The molecular weight excluding hydrogens is 238 g/mol. The molecule has 3 nitrogen and oxygen atoms in total. The van der Waals surface area contributed by atoms with Gasteiger partial charge in [-0.1, -0.05) is 37.5 Å². The van der Waals surface area contributed by atoms with Crippen LogP contribution in [0.15, 0.2) is 24.3 Å². The summed E-state index contributed by atoms with van der Waals surface area (Å²) < 4.78 is 11.2. The fourth-order valence-corrected chi connectivity index (χ4v) is 3.17. The Hall–Kier alpha value is -1.06. The van der Waals surface area contributed by atoms with Crippen LogP contribution in [0.3, 0.4) is 0 Å². The molecule has 0 amide bonds. The van der Waals surface area contributed by atoms with Crippen LogP contribution in [-0.2, 0) is 11.2 Å². The van der Waals surface area contributed by atoms with E-state index in [-0.39, 0.29) is 11.6 Å². The van der Waals surface area contributed by atoms with E-state index in [1.54, 1.807) is 14.2 Å². The van der Waals surface area contributed by atoms with E-state index in [1.165, 1.54) is 24.8 Å². The smallest absolute Gasteiger partial charge is 0.122 e. The quantitative estimate of drug-likeness (QED) is 0.888. The number of hydrogen-bond acceptors (Lipinski definition) is 3. The Balaban J connectivity index is 2.12. The van der Waals surface area contributed by atoms with Crippen LogP contribution in [0, 0.1) is 0 Å². The van der Waals surface area contributed by atoms with Gasteiger partial charge >= 0.3 is 0 Å². The maximum atomic E-state index is 6.47. The van der Waals surface area contributed by atoms with Crippen LogP contribution in [-0.4, -0.2) is 25.9 Å². The van der Waals surface area contributed by atoms with Crippen molar-refractivity contribution in [1.82, 2.24) is 0 Å². The first-order chi connectivity index (χ1) is 9.22. The molecule has 1 fully saturated rings. The predicted molar refractivity (Wildman–Crippen MR) is 77.5 cm³/mol. The first-order valence-corrected chi connectivity index (χ1v) is 7.14. The van der Waals surface area contributed by atoms with Crippen molar-refractivity contribution in [2.24, 2.45) is 5.73 Å². The first kappa shape index (κ1) is 14.4. The van der Waals surface area contributed by atoms with Crippen LogP contribution in [0.5, 0.6) is 5.75 Å². The number of hydrogen-bond donors (Lipinski definition) is 1. The highest BCUT2D eigenvalue weighted by molar-refractivity contribution is 5.34. The SMILES string of the molecule is COc1ccccc1CC(N)C1(OC)CCCCC1. The van der Waals surface area contributed by atoms with Crippen molar-refractivity contribution in [3.8, 4) is 5.75 Å². The van der Waals surface area contributed by atoms with Crippen LogP contribution < -0.4 is 10.5 Å². The summed E-state index contributed by atoms with van der Waals surface area (Å²) in [4.78, 5) is 0. The average Bonchev–Trinajstić information content (AvgIpc) is 2.48. The van der Waals surface area contributed by atoms with Gasteiger partial charge in [-0.2, -0.15) is 0 Å². The third-order valence-electron chi connectivity index (χ3n) is 4.41. The molecule has 0 aliphatic heterocycles. The van der Waals surface area contributed by atoms with E-state index < -0.39 is 0 Å². The molecular formula is C16H25NO2. The number of benzene rings is 1. The van der Waals surface area contributed by atoms with E-state index in [0.29, 0.717) is 0 Å². The lowest BCUT2D eigenvalue weighted by Crippen LogP contribution is -2.51. The number of nitrogens with two attached hydrogens (primary N) is 1. The number of methoxy groups -OCH3 is 2. The van der Waals surface area contributed by atoms with E-state index in [2.05, 4.69) is 6.07 Å². The van der Waals surface area contributed by atoms with Gasteiger partial charge in [0.1, 0.15) is 5.75 Å². The van der Waals surface area contributed by atoms with Crippen molar-refractivity contribution in [3.63, 3.8) is 0 Å². The third-order valence-corrected chi connectivity index (χ3v) is 4.41. The highest BCUT2D eigenvalue weighted by Crippen LogP contribution is 2.35. The Morgan fingerprint density at radius 2 is 1.84 bits per heavy atom. The molecule has 0 spiro atoms. The Kier molecular flexibility index (Phi) is 4.83. The fourth-order valence-electron chi connectivity index (χ4n) is 3.17. The molecule has 1 aromatic carbocycles. The van der Waals surface area contributed by atoms with Gasteiger partial charge < -0.3 is 15.2 Å². The van der Waals surface area contributed by atoms with Crippen molar-refractivity contribution in [2.45, 2.75) is 50.2 Å². The maximum absolute atomic E-state index is 6.47. The molecule has 1 atom stereocenters. The molecule has 1 saturated carbocycles. The molecule has 106 valence electrons. The average molecular weight is 263 g/mol. The molecule has 1 aliphatic rings. The molecule has 2 N–H and O–H groups in total. The van der Waals surface area contributed by atoms with Gasteiger partial charge in [-0.25, -0.2) is 0 Å². The van der Waals surface area contributed by atoms with Crippen LogP contribution >= 0.6 is 0 Å². The summed E-state index contributed by atoms with van der Waals surface area (Å²) in [5.41, 5.74) is 7.48. The number of para-hydroxylation sites is 1. The lowest BCUT2D eigenvalue weighted by atomic mass is 9.77. The zero-order valence-corrected chi connectivity index (χ0v) is 12.0. The lowest BCUT2D eigenvalue weighted by Gasteiger charge is -2.41. The minimum absolute atomic E-state index is 0.0223. The molecule has 19 heavy (non-hydrogen) atoms. The molecule has 1 aromatic rings. The normalized spacial score (nSPS) is 19.9. The summed E-state index contributed by atoms with van der Waals surface area (Å²) >= 11 is 0. The second kappa shape index (κ2) is 6.40. The first-order valence-electron chi connectivity index (χ1n) is 7.14. The monoisotopic (exact) mass is 263 g/mol. The van der Waals surface area contributed by atoms with E-state index in [0.717, 1.165) is 25.0 Å². The van der Waals surface area contributed by atoms with E-state index in [1.807, 2.05) is 18.2 Å². The lowest BCUT2D eigenvalue weighted by molar-refractivity contribution is -0.0583. The largest absolute Gasteiger partial charge is 0.496 e. The summed E-state index contributed by atoms with van der Waals surface area (Å²) in [5.74, 6) is 0.917. The summed E-state index contributed by atoms with van der Waals surface area (Å²) in [6.07, 6.45) is 6.67. The van der Waals surface area contributed by atoms with Crippen LogP contribution in [0.4, 0.5) is 0 Å². The molecule has 0 radical (unpaired) electrons. The van der Waals surface area contributed by atoms with Crippen molar-refractivity contribution < 1.29 is 9.47 Å². The van der Waals surface area contributed by atoms with Crippen LogP contribution in [0.1, 0.15) is 37.7 Å². The molecule has 3 heteroatoms. The van der Waals surface area contributed by atoms with Gasteiger partial charge in [0.25, 0.3) is 0 Å². The van der Waals surface area contributed by atoms with Crippen molar-refractivity contribution in [2.75, 3.05) is 14.2 Å². The van der Waals surface area contributed by atoms with Gasteiger partial charge in [0, 0.05) is 13.2 Å². The summed E-state index contributed by atoms with van der Waals surface area (Å²) in [6.45, 7) is 0. The number of rotatable bonds is 5. The van der Waals surface area contributed by atoms with Crippen LogP contribution in [0.25, 0.3) is 0 Å². The molecule has 0 heterocycles. The van der Waals surface area contributed by atoms with Gasteiger partial charge in [0.05, 0.1) is 12.7 Å². The van der Waals surface area contributed by atoms with E-state index in [9.17, 15) is 0 Å². The molecule has 2 rings (SSSR count). The Labute approximate surface area is 116 Å². The Bertz CT molecular complexity index is 399. The van der Waals surface area contributed by atoms with Gasteiger partial charge in [-0.05, 0) is 30.9 Å². The highest BCUT2D eigenvalue weighted by atomic mass is 16.5. The predicted octanol–water partition coefficient (Wildman–Crippen LogP) is 2.91. The molecule has 0 bridgehead atoms. The number of ether oxygens (including phenoxy) is 2. The van der Waals surface area contributed by atoms with Crippen LogP contribution in [0.2, 0.25) is 0 Å². The second-order valence-electron chi connectivity index (χ2n) is 5.45. The summed E-state index contributed by atoms with van der Waals surface area (Å²) in [7, 11) is 3.50. The summed E-state index contributed by atoms with van der Waals surface area (Å²) in [6, 6.07) is 8.12. The highest BCUT2D eigenvalue weighted by Gasteiger charge is 2.38. The third kappa shape index (κ3) is 3.10. The van der Waals surface area contributed by atoms with E-state index in [4.69, 9.17) is 15.2 Å². The second-order valence-corrected chi connectivity index (χ2v) is 5.45. The van der Waals surface area contributed by atoms with Gasteiger partial charge in [-0.15, -0.1) is 0 Å². The Morgan fingerprint density at radius 3 is 2.47 bits per heavy atom. The van der Waals surface area contributed by atoms with Gasteiger partial charge in [0.15, 0.2) is 0 Å². The Morgan fingerprint density at radius 1 is 1.16 bits per heavy atom.